The summed E-state index contributed by atoms with van der Waals surface area (Å²) in [7, 11) is 0. The molecular formula is C16H13ClF2N2O5. The number of carbonyl (C=O) groups is 1. The van der Waals surface area contributed by atoms with Crippen molar-refractivity contribution < 1.29 is 28.7 Å². The van der Waals surface area contributed by atoms with Crippen LogP contribution in [-0.4, -0.2) is 33.7 Å². The number of benzene rings is 2. The molecular weight excluding hydrogens is 374 g/mol. The molecule has 0 unspecified atom stereocenters. The van der Waals surface area contributed by atoms with Crippen LogP contribution >= 0.6 is 11.6 Å². The standard InChI is InChI=1S/C16H13ClF2N2O5/c17-11-6-13(19)12(18)5-10(11)16(24)20-14(7-22)15(23)8-1-3-9(4-2-8)21(25)26/h1-6,14-15,22-23H,7H2,(H,20,24)/t14-,15-/m0/s1. The molecule has 1 amide bonds. The van der Waals surface area contributed by atoms with Gasteiger partial charge >= 0.3 is 0 Å². The van der Waals surface area contributed by atoms with Gasteiger partial charge < -0.3 is 15.5 Å². The molecule has 3 N–H and O–H groups in total. The Labute approximate surface area is 151 Å². The zero-order valence-corrected chi connectivity index (χ0v) is 13.8. The average molecular weight is 387 g/mol. The van der Waals surface area contributed by atoms with Crippen molar-refractivity contribution in [3.8, 4) is 0 Å². The number of carbonyl (C=O) groups excluding carboxylic acids is 1. The molecule has 2 aromatic rings. The Morgan fingerprint density at radius 1 is 1.23 bits per heavy atom. The Bertz CT molecular complexity index is 832. The zero-order chi connectivity index (χ0) is 19.4. The minimum Gasteiger partial charge on any atom is -0.394 e. The second-order valence-electron chi connectivity index (χ2n) is 5.30. The lowest BCUT2D eigenvalue weighted by Gasteiger charge is -2.23. The van der Waals surface area contributed by atoms with Gasteiger partial charge in [0, 0.05) is 12.1 Å². The normalized spacial score (nSPS) is 13.1. The summed E-state index contributed by atoms with van der Waals surface area (Å²) in [6.07, 6.45) is -1.41. The van der Waals surface area contributed by atoms with Crippen molar-refractivity contribution in [3.63, 3.8) is 0 Å². The van der Waals surface area contributed by atoms with Crippen LogP contribution in [0.1, 0.15) is 22.0 Å². The Hall–Kier alpha value is -2.62. The summed E-state index contributed by atoms with van der Waals surface area (Å²) in [6.45, 7) is -0.689. The largest absolute Gasteiger partial charge is 0.394 e. The van der Waals surface area contributed by atoms with E-state index in [1.807, 2.05) is 0 Å². The van der Waals surface area contributed by atoms with Crippen LogP contribution < -0.4 is 5.32 Å². The zero-order valence-electron chi connectivity index (χ0n) is 13.0. The lowest BCUT2D eigenvalue weighted by molar-refractivity contribution is -0.384. The number of non-ortho nitro benzene ring substituents is 1. The van der Waals surface area contributed by atoms with Gasteiger partial charge in [0.1, 0.15) is 6.10 Å². The highest BCUT2D eigenvalue weighted by Gasteiger charge is 2.25. The number of amides is 1. The fourth-order valence-corrected chi connectivity index (χ4v) is 2.43. The summed E-state index contributed by atoms with van der Waals surface area (Å²) in [6, 6.07) is 4.85. The van der Waals surface area contributed by atoms with E-state index in [0.29, 0.717) is 12.1 Å². The molecule has 0 bridgehead atoms. The highest BCUT2D eigenvalue weighted by Crippen LogP contribution is 2.23. The Balaban J connectivity index is 2.19. The number of nitrogens with zero attached hydrogens (tertiary/aromatic N) is 1. The minimum atomic E-state index is -1.41. The SMILES string of the molecule is O=C(N[C@@H](CO)[C@@H](O)c1ccc([N+](=O)[O-])cc1)c1cc(F)c(F)cc1Cl. The summed E-state index contributed by atoms with van der Waals surface area (Å²) < 4.78 is 26.4. The quantitative estimate of drug-likeness (QED) is 0.401. The van der Waals surface area contributed by atoms with Gasteiger partial charge in [0.2, 0.25) is 0 Å². The van der Waals surface area contributed by atoms with Crippen molar-refractivity contribution in [1.82, 2.24) is 5.32 Å². The average Bonchev–Trinajstić information content (AvgIpc) is 2.62. The first kappa shape index (κ1) is 19.7. The molecule has 0 aliphatic rings. The Kier molecular flexibility index (Phi) is 6.19. The summed E-state index contributed by atoms with van der Waals surface area (Å²) in [5.41, 5.74) is -0.370. The Morgan fingerprint density at radius 2 is 1.81 bits per heavy atom. The molecule has 2 atom stereocenters. The number of rotatable bonds is 6. The molecule has 0 aliphatic heterocycles. The molecule has 0 radical (unpaired) electrons. The van der Waals surface area contributed by atoms with E-state index in [2.05, 4.69) is 5.32 Å². The monoisotopic (exact) mass is 386 g/mol. The third-order valence-corrected chi connectivity index (χ3v) is 3.91. The topological polar surface area (TPSA) is 113 Å². The molecule has 0 aromatic heterocycles. The van der Waals surface area contributed by atoms with Crippen molar-refractivity contribution in [2.75, 3.05) is 6.61 Å². The summed E-state index contributed by atoms with van der Waals surface area (Å²) in [4.78, 5) is 22.2. The number of halogens is 3. The van der Waals surface area contributed by atoms with Crippen LogP contribution in [0, 0.1) is 21.7 Å². The van der Waals surface area contributed by atoms with Crippen LogP contribution in [0.4, 0.5) is 14.5 Å². The number of hydrogen-bond acceptors (Lipinski definition) is 5. The van der Waals surface area contributed by atoms with Crippen molar-refractivity contribution >= 4 is 23.2 Å². The predicted octanol–water partition coefficient (Wildman–Crippen LogP) is 2.35. The minimum absolute atomic E-state index is 0.195. The van der Waals surface area contributed by atoms with Crippen LogP contribution in [0.5, 0.6) is 0 Å². The number of nitro groups is 1. The number of nitrogens with one attached hydrogen (secondary N) is 1. The fraction of sp³-hybridized carbons (Fsp3) is 0.188. The fourth-order valence-electron chi connectivity index (χ4n) is 2.19. The maximum absolute atomic E-state index is 13.3. The molecule has 7 nitrogen and oxygen atoms in total. The van der Waals surface area contributed by atoms with E-state index in [1.165, 1.54) is 12.1 Å². The van der Waals surface area contributed by atoms with E-state index >= 15 is 0 Å². The van der Waals surface area contributed by atoms with Gasteiger partial charge in [0.05, 0.1) is 28.2 Å². The number of hydrogen-bond donors (Lipinski definition) is 3. The van der Waals surface area contributed by atoms with Gasteiger partial charge in [-0.15, -0.1) is 0 Å². The third-order valence-electron chi connectivity index (χ3n) is 3.59. The van der Waals surface area contributed by atoms with E-state index in [-0.39, 0.29) is 21.8 Å². The van der Waals surface area contributed by atoms with Gasteiger partial charge in [0.15, 0.2) is 11.6 Å². The lowest BCUT2D eigenvalue weighted by Crippen LogP contribution is -2.42. The van der Waals surface area contributed by atoms with Gasteiger partial charge in [-0.05, 0) is 29.8 Å². The van der Waals surface area contributed by atoms with E-state index < -0.39 is 41.2 Å². The molecule has 0 heterocycles. The molecule has 2 aromatic carbocycles. The van der Waals surface area contributed by atoms with Crippen LogP contribution in [0.2, 0.25) is 5.02 Å². The maximum Gasteiger partial charge on any atom is 0.269 e. The van der Waals surface area contributed by atoms with E-state index in [0.717, 1.165) is 12.1 Å². The molecule has 10 heteroatoms. The third kappa shape index (κ3) is 4.31. The van der Waals surface area contributed by atoms with Crippen molar-refractivity contribution in [2.24, 2.45) is 0 Å². The lowest BCUT2D eigenvalue weighted by atomic mass is 10.0. The summed E-state index contributed by atoms with van der Waals surface area (Å²) >= 11 is 5.71. The molecule has 138 valence electrons. The molecule has 0 fully saturated rings. The number of aliphatic hydroxyl groups is 2. The van der Waals surface area contributed by atoms with Crippen molar-refractivity contribution in [3.05, 3.63) is 74.3 Å². The molecule has 26 heavy (non-hydrogen) atoms. The van der Waals surface area contributed by atoms with Gasteiger partial charge in [0.25, 0.3) is 11.6 Å². The van der Waals surface area contributed by atoms with Gasteiger partial charge in [-0.2, -0.15) is 0 Å². The first-order chi connectivity index (χ1) is 12.2. The highest BCUT2D eigenvalue weighted by atomic mass is 35.5. The van der Waals surface area contributed by atoms with Crippen LogP contribution in [-0.2, 0) is 0 Å². The van der Waals surface area contributed by atoms with Crippen LogP contribution in [0.3, 0.4) is 0 Å². The number of aliphatic hydroxyl groups excluding tert-OH is 2. The molecule has 0 aliphatic carbocycles. The molecule has 0 saturated carbocycles. The van der Waals surface area contributed by atoms with Gasteiger partial charge in [-0.1, -0.05) is 11.6 Å². The Morgan fingerprint density at radius 3 is 2.35 bits per heavy atom. The van der Waals surface area contributed by atoms with Crippen molar-refractivity contribution in [2.45, 2.75) is 12.1 Å². The van der Waals surface area contributed by atoms with Gasteiger partial charge in [-0.25, -0.2) is 8.78 Å². The van der Waals surface area contributed by atoms with Crippen LogP contribution in [0.25, 0.3) is 0 Å². The summed E-state index contributed by atoms with van der Waals surface area (Å²) in [5.74, 6) is -3.44. The molecule has 0 saturated heterocycles. The highest BCUT2D eigenvalue weighted by molar-refractivity contribution is 6.33. The van der Waals surface area contributed by atoms with E-state index in [4.69, 9.17) is 11.6 Å². The smallest absolute Gasteiger partial charge is 0.269 e. The summed E-state index contributed by atoms with van der Waals surface area (Å²) in [5, 5.41) is 32.2. The molecule has 0 spiro atoms. The first-order valence-electron chi connectivity index (χ1n) is 7.23. The number of nitro benzene ring substituents is 1. The van der Waals surface area contributed by atoms with E-state index in [1.54, 1.807) is 0 Å². The van der Waals surface area contributed by atoms with E-state index in [9.17, 15) is 33.9 Å². The van der Waals surface area contributed by atoms with Crippen molar-refractivity contribution in [1.29, 1.82) is 0 Å². The molecule has 2 rings (SSSR count). The predicted molar refractivity (Wildman–Crippen MR) is 87.8 cm³/mol. The van der Waals surface area contributed by atoms with Gasteiger partial charge in [-0.3, -0.25) is 14.9 Å². The second kappa shape index (κ2) is 8.17. The first-order valence-corrected chi connectivity index (χ1v) is 7.61. The second-order valence-corrected chi connectivity index (χ2v) is 5.71. The maximum atomic E-state index is 13.3. The van der Waals surface area contributed by atoms with Crippen LogP contribution in [0.15, 0.2) is 36.4 Å².